The highest BCUT2D eigenvalue weighted by molar-refractivity contribution is 6.01. The molecule has 0 aliphatic carbocycles. The van der Waals surface area contributed by atoms with Crippen LogP contribution in [-0.4, -0.2) is 17.9 Å². The van der Waals surface area contributed by atoms with Crippen LogP contribution in [-0.2, 0) is 22.6 Å². The minimum absolute atomic E-state index is 0.00408. The highest BCUT2D eigenvalue weighted by Gasteiger charge is 2.30. The maximum absolute atomic E-state index is 12.5. The van der Waals surface area contributed by atoms with E-state index in [-0.39, 0.29) is 11.8 Å². The molecule has 1 aliphatic heterocycles. The van der Waals surface area contributed by atoms with Crippen LogP contribution in [0.15, 0.2) is 47.1 Å². The van der Waals surface area contributed by atoms with Crippen LogP contribution in [0.3, 0.4) is 0 Å². The van der Waals surface area contributed by atoms with E-state index in [0.29, 0.717) is 18.7 Å². The summed E-state index contributed by atoms with van der Waals surface area (Å²) < 4.78 is 5.21. The zero-order valence-electron chi connectivity index (χ0n) is 13.1. The van der Waals surface area contributed by atoms with Gasteiger partial charge in [-0.1, -0.05) is 18.2 Å². The first-order valence-electron chi connectivity index (χ1n) is 7.87. The summed E-state index contributed by atoms with van der Waals surface area (Å²) in [5.74, 6) is 0.496. The predicted octanol–water partition coefficient (Wildman–Crippen LogP) is 2.65. The SMILES string of the molecule is CC(C(=O)NCc1ccco1)N1C(=O)CCCc2ccccc21. The zero-order chi connectivity index (χ0) is 16.2. The lowest BCUT2D eigenvalue weighted by Crippen LogP contribution is -2.48. The Bertz CT molecular complexity index is 694. The number of para-hydroxylation sites is 1. The molecule has 1 aromatic heterocycles. The summed E-state index contributed by atoms with van der Waals surface area (Å²) in [6.45, 7) is 2.08. The molecule has 0 saturated carbocycles. The molecule has 2 amide bonds. The number of aryl methyl sites for hydroxylation is 1. The van der Waals surface area contributed by atoms with Gasteiger partial charge in [0.05, 0.1) is 12.8 Å². The number of amides is 2. The molecule has 0 spiro atoms. The summed E-state index contributed by atoms with van der Waals surface area (Å²) in [5.41, 5.74) is 1.96. The summed E-state index contributed by atoms with van der Waals surface area (Å²) in [7, 11) is 0. The molecule has 0 saturated heterocycles. The summed E-state index contributed by atoms with van der Waals surface area (Å²) >= 11 is 0. The van der Waals surface area contributed by atoms with Gasteiger partial charge in [0.15, 0.2) is 0 Å². The highest BCUT2D eigenvalue weighted by Crippen LogP contribution is 2.28. The lowest BCUT2D eigenvalue weighted by atomic mass is 10.1. The number of carbonyl (C=O) groups excluding carboxylic acids is 2. The molecule has 23 heavy (non-hydrogen) atoms. The third-order valence-electron chi connectivity index (χ3n) is 4.14. The van der Waals surface area contributed by atoms with Crippen LogP contribution in [0.1, 0.15) is 31.1 Å². The lowest BCUT2D eigenvalue weighted by Gasteiger charge is -2.28. The minimum atomic E-state index is -0.559. The molecule has 3 rings (SSSR count). The summed E-state index contributed by atoms with van der Waals surface area (Å²) in [5, 5.41) is 2.83. The van der Waals surface area contributed by atoms with Crippen LogP contribution in [0.5, 0.6) is 0 Å². The molecule has 0 radical (unpaired) electrons. The van der Waals surface area contributed by atoms with E-state index < -0.39 is 6.04 Å². The van der Waals surface area contributed by atoms with Gasteiger partial charge in [0.25, 0.3) is 0 Å². The van der Waals surface area contributed by atoms with Gasteiger partial charge in [-0.3, -0.25) is 14.5 Å². The van der Waals surface area contributed by atoms with E-state index in [1.807, 2.05) is 24.3 Å². The second-order valence-electron chi connectivity index (χ2n) is 5.72. The smallest absolute Gasteiger partial charge is 0.243 e. The Balaban J connectivity index is 1.78. The van der Waals surface area contributed by atoms with Crippen molar-refractivity contribution in [3.05, 3.63) is 54.0 Å². The number of nitrogens with one attached hydrogen (secondary N) is 1. The molecule has 0 fully saturated rings. The average Bonchev–Trinajstić information content (AvgIpc) is 3.01. The Hall–Kier alpha value is -2.56. The Labute approximate surface area is 135 Å². The van der Waals surface area contributed by atoms with Crippen molar-refractivity contribution in [3.8, 4) is 0 Å². The van der Waals surface area contributed by atoms with Gasteiger partial charge in [0.2, 0.25) is 11.8 Å². The first kappa shape index (κ1) is 15.3. The van der Waals surface area contributed by atoms with Gasteiger partial charge in [-0.15, -0.1) is 0 Å². The minimum Gasteiger partial charge on any atom is -0.467 e. The Morgan fingerprint density at radius 1 is 1.26 bits per heavy atom. The number of carbonyl (C=O) groups is 2. The van der Waals surface area contributed by atoms with Gasteiger partial charge in [0.1, 0.15) is 11.8 Å². The van der Waals surface area contributed by atoms with Gasteiger partial charge in [-0.25, -0.2) is 0 Å². The number of furan rings is 1. The number of rotatable bonds is 4. The van der Waals surface area contributed by atoms with Crippen molar-refractivity contribution in [2.45, 2.75) is 38.8 Å². The fraction of sp³-hybridized carbons (Fsp3) is 0.333. The molecule has 1 unspecified atom stereocenters. The van der Waals surface area contributed by atoms with Crippen molar-refractivity contribution in [1.82, 2.24) is 5.32 Å². The maximum Gasteiger partial charge on any atom is 0.243 e. The third kappa shape index (κ3) is 3.28. The standard InChI is InChI=1S/C18H20N2O3/c1-13(18(22)19-12-15-8-5-11-23-15)20-16-9-3-2-6-14(16)7-4-10-17(20)21/h2-3,5-6,8-9,11,13H,4,7,10,12H2,1H3,(H,19,22). The van der Waals surface area contributed by atoms with Crippen LogP contribution >= 0.6 is 0 Å². The third-order valence-corrected chi connectivity index (χ3v) is 4.14. The van der Waals surface area contributed by atoms with Gasteiger partial charge >= 0.3 is 0 Å². The van der Waals surface area contributed by atoms with Crippen LogP contribution in [0.4, 0.5) is 5.69 Å². The molecule has 2 heterocycles. The van der Waals surface area contributed by atoms with Crippen molar-refractivity contribution in [1.29, 1.82) is 0 Å². The van der Waals surface area contributed by atoms with Crippen molar-refractivity contribution in [2.75, 3.05) is 4.90 Å². The van der Waals surface area contributed by atoms with Crippen molar-refractivity contribution < 1.29 is 14.0 Å². The second kappa shape index (κ2) is 6.69. The Morgan fingerprint density at radius 2 is 2.09 bits per heavy atom. The maximum atomic E-state index is 12.5. The highest BCUT2D eigenvalue weighted by atomic mass is 16.3. The Kier molecular flexibility index (Phi) is 4.46. The lowest BCUT2D eigenvalue weighted by molar-refractivity contribution is -0.126. The summed E-state index contributed by atoms with van der Waals surface area (Å²) in [4.78, 5) is 26.6. The molecule has 5 nitrogen and oxygen atoms in total. The number of anilines is 1. The van der Waals surface area contributed by atoms with Crippen LogP contribution in [0.25, 0.3) is 0 Å². The largest absolute Gasteiger partial charge is 0.467 e. The van der Waals surface area contributed by atoms with Gasteiger partial charge in [-0.05, 0) is 43.5 Å². The van der Waals surface area contributed by atoms with Gasteiger partial charge in [0, 0.05) is 12.1 Å². The molecule has 2 aromatic rings. The van der Waals surface area contributed by atoms with Crippen molar-refractivity contribution in [3.63, 3.8) is 0 Å². The van der Waals surface area contributed by atoms with E-state index in [4.69, 9.17) is 4.42 Å². The number of hydrogen-bond donors (Lipinski definition) is 1. The van der Waals surface area contributed by atoms with Crippen molar-refractivity contribution >= 4 is 17.5 Å². The average molecular weight is 312 g/mol. The Morgan fingerprint density at radius 3 is 2.87 bits per heavy atom. The fourth-order valence-electron chi connectivity index (χ4n) is 2.92. The molecule has 120 valence electrons. The van der Waals surface area contributed by atoms with E-state index in [2.05, 4.69) is 5.32 Å². The normalized spacial score (nSPS) is 15.7. The molecule has 0 bridgehead atoms. The number of nitrogens with zero attached hydrogens (tertiary/aromatic N) is 1. The molecule has 1 atom stereocenters. The number of hydrogen-bond acceptors (Lipinski definition) is 3. The summed E-state index contributed by atoms with van der Waals surface area (Å²) in [6.07, 6.45) is 3.70. The van der Waals surface area contributed by atoms with Gasteiger partial charge < -0.3 is 9.73 Å². The number of fused-ring (bicyclic) bond motifs is 1. The quantitative estimate of drug-likeness (QED) is 0.944. The van der Waals surface area contributed by atoms with Crippen LogP contribution in [0, 0.1) is 0 Å². The van der Waals surface area contributed by atoms with Crippen LogP contribution in [0.2, 0.25) is 0 Å². The zero-order valence-corrected chi connectivity index (χ0v) is 13.1. The van der Waals surface area contributed by atoms with Gasteiger partial charge in [-0.2, -0.15) is 0 Å². The monoisotopic (exact) mass is 312 g/mol. The first-order chi connectivity index (χ1) is 11.2. The predicted molar refractivity (Wildman–Crippen MR) is 86.9 cm³/mol. The molecule has 5 heteroatoms. The molecular formula is C18H20N2O3. The molecule has 1 aliphatic rings. The van der Waals surface area contributed by atoms with E-state index >= 15 is 0 Å². The van der Waals surface area contributed by atoms with Crippen LogP contribution < -0.4 is 10.2 Å². The van der Waals surface area contributed by atoms with E-state index in [1.165, 1.54) is 0 Å². The van der Waals surface area contributed by atoms with E-state index in [0.717, 1.165) is 24.1 Å². The molecule has 1 N–H and O–H groups in total. The van der Waals surface area contributed by atoms with E-state index in [1.54, 1.807) is 30.2 Å². The first-order valence-corrected chi connectivity index (χ1v) is 7.87. The van der Waals surface area contributed by atoms with Crippen molar-refractivity contribution in [2.24, 2.45) is 0 Å². The molecule has 1 aromatic carbocycles. The number of benzene rings is 1. The molecular weight excluding hydrogens is 292 g/mol. The summed E-state index contributed by atoms with van der Waals surface area (Å²) in [6, 6.07) is 10.8. The van der Waals surface area contributed by atoms with E-state index in [9.17, 15) is 9.59 Å². The second-order valence-corrected chi connectivity index (χ2v) is 5.72. The topological polar surface area (TPSA) is 62.6 Å². The fourth-order valence-corrected chi connectivity index (χ4v) is 2.92.